The summed E-state index contributed by atoms with van der Waals surface area (Å²) in [6.45, 7) is 1.47. The van der Waals surface area contributed by atoms with Crippen molar-refractivity contribution in [3.63, 3.8) is 0 Å². The van der Waals surface area contributed by atoms with Gasteiger partial charge < -0.3 is 4.74 Å². The smallest absolute Gasteiger partial charge is 0.417 e. The summed E-state index contributed by atoms with van der Waals surface area (Å²) >= 11 is 5.46. The second-order valence-corrected chi connectivity index (χ2v) is 3.89. The van der Waals surface area contributed by atoms with E-state index in [-0.39, 0.29) is 5.56 Å². The molecule has 0 N–H and O–H groups in total. The molecule has 0 aromatic heterocycles. The fourth-order valence-corrected chi connectivity index (χ4v) is 1.57. The maximum Gasteiger partial charge on any atom is 0.417 e. The number of hydrogen-bond acceptors (Lipinski definition) is 2. The molecule has 6 heteroatoms. The molecule has 0 radical (unpaired) electrons. The third-order valence-corrected chi connectivity index (χ3v) is 2.68. The van der Waals surface area contributed by atoms with Crippen molar-refractivity contribution in [1.82, 2.24) is 0 Å². The largest absolute Gasteiger partial charge is 0.469 e. The Morgan fingerprint density at radius 2 is 2.00 bits per heavy atom. The van der Waals surface area contributed by atoms with Crippen molar-refractivity contribution < 1.29 is 22.7 Å². The molecule has 0 spiro atoms. The molecular formula is C11H10ClF3O2. The fraction of sp³-hybridized carbons (Fsp3) is 0.364. The minimum Gasteiger partial charge on any atom is -0.469 e. The van der Waals surface area contributed by atoms with Crippen molar-refractivity contribution in [2.45, 2.75) is 19.0 Å². The van der Waals surface area contributed by atoms with Crippen molar-refractivity contribution in [1.29, 1.82) is 0 Å². The number of esters is 1. The van der Waals surface area contributed by atoms with Gasteiger partial charge in [-0.25, -0.2) is 0 Å². The summed E-state index contributed by atoms with van der Waals surface area (Å²) in [7, 11) is 1.18. The van der Waals surface area contributed by atoms with E-state index in [1.54, 1.807) is 0 Å². The van der Waals surface area contributed by atoms with Crippen LogP contribution < -0.4 is 0 Å². The molecule has 0 amide bonds. The zero-order chi connectivity index (χ0) is 13.2. The number of carbonyl (C=O) groups is 1. The normalized spacial score (nSPS) is 13.3. The standard InChI is InChI=1S/C11H10ClF3O2/c1-6(10(16)17-2)7-3-4-9(12)8(5-7)11(13,14)15/h3-6H,1-2H3. The fourth-order valence-electron chi connectivity index (χ4n) is 1.34. The van der Waals surface area contributed by atoms with E-state index >= 15 is 0 Å². The van der Waals surface area contributed by atoms with E-state index in [1.807, 2.05) is 0 Å². The lowest BCUT2D eigenvalue weighted by atomic mass is 9.99. The maximum absolute atomic E-state index is 12.6. The highest BCUT2D eigenvalue weighted by Crippen LogP contribution is 2.36. The van der Waals surface area contributed by atoms with Gasteiger partial charge in [-0.2, -0.15) is 13.2 Å². The van der Waals surface area contributed by atoms with Crippen LogP contribution in [0.1, 0.15) is 24.0 Å². The van der Waals surface area contributed by atoms with Crippen molar-refractivity contribution in [3.05, 3.63) is 34.3 Å². The van der Waals surface area contributed by atoms with Gasteiger partial charge in [0.15, 0.2) is 0 Å². The minimum atomic E-state index is -4.54. The summed E-state index contributed by atoms with van der Waals surface area (Å²) < 4.78 is 42.2. The number of ether oxygens (including phenoxy) is 1. The van der Waals surface area contributed by atoms with Gasteiger partial charge in [0.05, 0.1) is 23.6 Å². The Kier molecular flexibility index (Phi) is 4.03. The summed E-state index contributed by atoms with van der Waals surface area (Å²) in [5.74, 6) is -1.36. The zero-order valence-corrected chi connectivity index (χ0v) is 9.89. The molecule has 0 bridgehead atoms. The zero-order valence-electron chi connectivity index (χ0n) is 9.14. The lowest BCUT2D eigenvalue weighted by Crippen LogP contribution is -2.13. The van der Waals surface area contributed by atoms with Crippen LogP contribution in [0.3, 0.4) is 0 Å². The van der Waals surface area contributed by atoms with Gasteiger partial charge in [0.1, 0.15) is 0 Å². The molecular weight excluding hydrogens is 257 g/mol. The molecule has 0 heterocycles. The minimum absolute atomic E-state index is 0.216. The molecule has 94 valence electrons. The predicted octanol–water partition coefficient (Wildman–Crippen LogP) is 3.64. The Hall–Kier alpha value is -1.23. The summed E-state index contributed by atoms with van der Waals surface area (Å²) in [6.07, 6.45) is -4.54. The monoisotopic (exact) mass is 266 g/mol. The number of hydrogen-bond donors (Lipinski definition) is 0. The molecule has 1 aromatic carbocycles. The molecule has 1 rings (SSSR count). The maximum atomic E-state index is 12.6. The van der Waals surface area contributed by atoms with Crippen LogP contribution >= 0.6 is 11.6 Å². The van der Waals surface area contributed by atoms with Crippen molar-refractivity contribution in [2.75, 3.05) is 7.11 Å². The topological polar surface area (TPSA) is 26.3 Å². The Morgan fingerprint density at radius 3 is 2.47 bits per heavy atom. The van der Waals surface area contributed by atoms with Gasteiger partial charge in [-0.05, 0) is 24.6 Å². The molecule has 0 saturated heterocycles. The average Bonchev–Trinajstić information content (AvgIpc) is 2.26. The van der Waals surface area contributed by atoms with E-state index in [9.17, 15) is 18.0 Å². The number of benzene rings is 1. The Labute approximate surface area is 101 Å². The van der Waals surface area contributed by atoms with Crippen molar-refractivity contribution in [3.8, 4) is 0 Å². The summed E-state index contributed by atoms with van der Waals surface area (Å²) in [4.78, 5) is 11.2. The van der Waals surface area contributed by atoms with Gasteiger partial charge in [0.25, 0.3) is 0 Å². The molecule has 0 saturated carbocycles. The van der Waals surface area contributed by atoms with Crippen LogP contribution in [0, 0.1) is 0 Å². The van der Waals surface area contributed by atoms with E-state index in [2.05, 4.69) is 4.74 Å². The lowest BCUT2D eigenvalue weighted by molar-refractivity contribution is -0.142. The van der Waals surface area contributed by atoms with Crippen molar-refractivity contribution in [2.24, 2.45) is 0 Å². The second kappa shape index (κ2) is 4.96. The molecule has 2 nitrogen and oxygen atoms in total. The first-order valence-corrected chi connectivity index (χ1v) is 5.09. The summed E-state index contributed by atoms with van der Waals surface area (Å²) in [6, 6.07) is 3.36. The average molecular weight is 267 g/mol. The van der Waals surface area contributed by atoms with E-state index in [1.165, 1.54) is 20.1 Å². The summed E-state index contributed by atoms with van der Waals surface area (Å²) in [5, 5.41) is -0.390. The van der Waals surface area contributed by atoms with Crippen LogP contribution in [-0.4, -0.2) is 13.1 Å². The third-order valence-electron chi connectivity index (χ3n) is 2.35. The van der Waals surface area contributed by atoms with Gasteiger partial charge in [0, 0.05) is 0 Å². The number of alkyl halides is 3. The number of methoxy groups -OCH3 is 1. The van der Waals surface area contributed by atoms with Crippen LogP contribution in [-0.2, 0) is 15.7 Å². The first-order chi connectivity index (χ1) is 7.77. The molecule has 0 aliphatic carbocycles. The van der Waals surface area contributed by atoms with E-state index < -0.39 is 28.6 Å². The van der Waals surface area contributed by atoms with Crippen molar-refractivity contribution >= 4 is 17.6 Å². The number of halogens is 4. The molecule has 1 aromatic rings. The molecule has 0 fully saturated rings. The first-order valence-electron chi connectivity index (χ1n) is 4.72. The molecule has 17 heavy (non-hydrogen) atoms. The molecule has 0 aliphatic rings. The Morgan fingerprint density at radius 1 is 1.41 bits per heavy atom. The molecule has 0 aliphatic heterocycles. The predicted molar refractivity (Wildman–Crippen MR) is 56.9 cm³/mol. The highest BCUT2D eigenvalue weighted by atomic mass is 35.5. The Bertz CT molecular complexity index is 429. The molecule has 1 unspecified atom stereocenters. The third kappa shape index (κ3) is 3.12. The second-order valence-electron chi connectivity index (χ2n) is 3.48. The van der Waals surface area contributed by atoms with Gasteiger partial charge in [-0.3, -0.25) is 4.79 Å². The van der Waals surface area contributed by atoms with E-state index in [0.29, 0.717) is 0 Å². The van der Waals surface area contributed by atoms with E-state index in [0.717, 1.165) is 12.1 Å². The lowest BCUT2D eigenvalue weighted by Gasteiger charge is -2.14. The van der Waals surface area contributed by atoms with Gasteiger partial charge in [0.2, 0.25) is 0 Å². The SMILES string of the molecule is COC(=O)C(C)c1ccc(Cl)c(C(F)(F)F)c1. The highest BCUT2D eigenvalue weighted by Gasteiger charge is 2.34. The van der Waals surface area contributed by atoms with Crippen LogP contribution in [0.2, 0.25) is 5.02 Å². The van der Waals surface area contributed by atoms with Gasteiger partial charge in [-0.1, -0.05) is 17.7 Å². The number of rotatable bonds is 2. The van der Waals surface area contributed by atoms with Crippen LogP contribution in [0.25, 0.3) is 0 Å². The first kappa shape index (κ1) is 13.8. The highest BCUT2D eigenvalue weighted by molar-refractivity contribution is 6.31. The molecule has 1 atom stereocenters. The summed E-state index contributed by atoms with van der Waals surface area (Å²) in [5.41, 5.74) is -0.735. The van der Waals surface area contributed by atoms with E-state index in [4.69, 9.17) is 11.6 Å². The van der Waals surface area contributed by atoms with Gasteiger partial charge in [-0.15, -0.1) is 0 Å². The quantitative estimate of drug-likeness (QED) is 0.764. The van der Waals surface area contributed by atoms with Gasteiger partial charge >= 0.3 is 12.1 Å². The Balaban J connectivity index is 3.17. The number of carbonyl (C=O) groups excluding carboxylic acids is 1. The van der Waals surface area contributed by atoms with Crippen LogP contribution in [0.15, 0.2) is 18.2 Å². The van der Waals surface area contributed by atoms with Crippen LogP contribution in [0.5, 0.6) is 0 Å². The van der Waals surface area contributed by atoms with Crippen LogP contribution in [0.4, 0.5) is 13.2 Å².